The van der Waals surface area contributed by atoms with Crippen molar-refractivity contribution in [2.45, 2.75) is 26.2 Å². The summed E-state index contributed by atoms with van der Waals surface area (Å²) in [6, 6.07) is 0. The van der Waals surface area contributed by atoms with Crippen LogP contribution in [0.25, 0.3) is 0 Å². The smallest absolute Gasteiger partial charge is 0.307 e. The monoisotopic (exact) mass is 306 g/mol. The molecule has 0 bridgehead atoms. The van der Waals surface area contributed by atoms with E-state index in [0.717, 1.165) is 0 Å². The SMILES string of the molecule is CCS(=O)(=O)N1CCC(C(=O)NCCC(=O)OC)CC1. The van der Waals surface area contributed by atoms with E-state index in [9.17, 15) is 18.0 Å². The second-order valence-corrected chi connectivity index (χ2v) is 6.95. The van der Waals surface area contributed by atoms with Crippen LogP contribution in [0.2, 0.25) is 0 Å². The van der Waals surface area contributed by atoms with E-state index in [1.807, 2.05) is 0 Å². The number of sulfonamides is 1. The summed E-state index contributed by atoms with van der Waals surface area (Å²) in [5.74, 6) is -0.587. The summed E-state index contributed by atoms with van der Waals surface area (Å²) >= 11 is 0. The molecule has 0 atom stereocenters. The van der Waals surface area contributed by atoms with Crippen molar-refractivity contribution in [1.29, 1.82) is 0 Å². The molecule has 0 saturated carbocycles. The van der Waals surface area contributed by atoms with Crippen LogP contribution >= 0.6 is 0 Å². The van der Waals surface area contributed by atoms with Gasteiger partial charge in [0.2, 0.25) is 15.9 Å². The van der Waals surface area contributed by atoms with Crippen molar-refractivity contribution in [2.75, 3.05) is 32.5 Å². The highest BCUT2D eigenvalue weighted by Gasteiger charge is 2.29. The lowest BCUT2D eigenvalue weighted by molar-refractivity contribution is -0.140. The van der Waals surface area contributed by atoms with Crippen LogP contribution in [0.1, 0.15) is 26.2 Å². The third-order valence-corrected chi connectivity index (χ3v) is 5.32. The van der Waals surface area contributed by atoms with E-state index in [0.29, 0.717) is 25.9 Å². The molecule has 20 heavy (non-hydrogen) atoms. The van der Waals surface area contributed by atoms with E-state index in [2.05, 4.69) is 10.1 Å². The van der Waals surface area contributed by atoms with Gasteiger partial charge in [-0.3, -0.25) is 9.59 Å². The van der Waals surface area contributed by atoms with Crippen molar-refractivity contribution in [2.24, 2.45) is 5.92 Å². The van der Waals surface area contributed by atoms with Crippen molar-refractivity contribution in [3.63, 3.8) is 0 Å². The summed E-state index contributed by atoms with van der Waals surface area (Å²) in [5.41, 5.74) is 0. The van der Waals surface area contributed by atoms with Crippen molar-refractivity contribution < 1.29 is 22.7 Å². The zero-order chi connectivity index (χ0) is 15.2. The minimum atomic E-state index is -3.16. The maximum Gasteiger partial charge on any atom is 0.307 e. The Bertz CT molecular complexity index is 441. The van der Waals surface area contributed by atoms with Crippen LogP contribution in [0.4, 0.5) is 0 Å². The number of piperidine rings is 1. The molecule has 0 radical (unpaired) electrons. The highest BCUT2D eigenvalue weighted by atomic mass is 32.2. The number of methoxy groups -OCH3 is 1. The molecular weight excluding hydrogens is 284 g/mol. The normalized spacial score (nSPS) is 17.7. The summed E-state index contributed by atoms with van der Waals surface area (Å²) in [6.07, 6.45) is 1.18. The van der Waals surface area contributed by atoms with Gasteiger partial charge in [-0.05, 0) is 19.8 Å². The molecule has 1 amide bonds. The van der Waals surface area contributed by atoms with Crippen LogP contribution < -0.4 is 5.32 Å². The number of esters is 1. The topological polar surface area (TPSA) is 92.8 Å². The van der Waals surface area contributed by atoms with Gasteiger partial charge in [0.05, 0.1) is 19.3 Å². The van der Waals surface area contributed by atoms with Crippen molar-refractivity contribution in [1.82, 2.24) is 9.62 Å². The summed E-state index contributed by atoms with van der Waals surface area (Å²) in [5, 5.41) is 2.68. The second kappa shape index (κ2) is 7.58. The molecule has 1 heterocycles. The largest absolute Gasteiger partial charge is 0.469 e. The zero-order valence-corrected chi connectivity index (χ0v) is 12.7. The standard InChI is InChI=1S/C12H22N2O5S/c1-3-20(17,18)14-8-5-10(6-9-14)12(16)13-7-4-11(15)19-2/h10H,3-9H2,1-2H3,(H,13,16). The van der Waals surface area contributed by atoms with Crippen LogP contribution in [-0.4, -0.2) is 57.1 Å². The Hall–Kier alpha value is -1.15. The third-order valence-electron chi connectivity index (χ3n) is 3.44. The van der Waals surface area contributed by atoms with Crippen LogP contribution in [0, 0.1) is 5.92 Å². The van der Waals surface area contributed by atoms with E-state index >= 15 is 0 Å². The zero-order valence-electron chi connectivity index (χ0n) is 11.9. The molecular formula is C12H22N2O5S. The molecule has 1 N–H and O–H groups in total. The maximum atomic E-state index is 11.9. The number of nitrogens with one attached hydrogen (secondary N) is 1. The predicted octanol–water partition coefficient (Wildman–Crippen LogP) is -0.273. The van der Waals surface area contributed by atoms with Crippen molar-refractivity contribution >= 4 is 21.9 Å². The Morgan fingerprint density at radius 2 is 1.90 bits per heavy atom. The molecule has 116 valence electrons. The number of nitrogens with zero attached hydrogens (tertiary/aromatic N) is 1. The van der Waals surface area contributed by atoms with Crippen LogP contribution in [-0.2, 0) is 24.3 Å². The first kappa shape index (κ1) is 16.9. The lowest BCUT2D eigenvalue weighted by atomic mass is 9.97. The fourth-order valence-corrected chi connectivity index (χ4v) is 3.25. The molecule has 0 aromatic heterocycles. The summed E-state index contributed by atoms with van der Waals surface area (Å²) in [6.45, 7) is 2.62. The van der Waals surface area contributed by atoms with E-state index in [1.54, 1.807) is 6.92 Å². The van der Waals surface area contributed by atoms with E-state index in [4.69, 9.17) is 0 Å². The Balaban J connectivity index is 2.34. The number of rotatable bonds is 6. The fraction of sp³-hybridized carbons (Fsp3) is 0.833. The molecule has 0 aromatic carbocycles. The lowest BCUT2D eigenvalue weighted by Crippen LogP contribution is -2.43. The van der Waals surface area contributed by atoms with Gasteiger partial charge >= 0.3 is 5.97 Å². The van der Waals surface area contributed by atoms with Gasteiger partial charge in [-0.15, -0.1) is 0 Å². The predicted molar refractivity (Wildman–Crippen MR) is 73.4 cm³/mol. The first-order chi connectivity index (χ1) is 9.40. The van der Waals surface area contributed by atoms with Gasteiger partial charge in [0.25, 0.3) is 0 Å². The fourth-order valence-electron chi connectivity index (χ4n) is 2.11. The highest BCUT2D eigenvalue weighted by Crippen LogP contribution is 2.19. The number of ether oxygens (including phenoxy) is 1. The first-order valence-corrected chi connectivity index (χ1v) is 8.34. The molecule has 1 aliphatic heterocycles. The Morgan fingerprint density at radius 1 is 1.30 bits per heavy atom. The second-order valence-electron chi connectivity index (χ2n) is 4.69. The van der Waals surface area contributed by atoms with Crippen LogP contribution in [0.5, 0.6) is 0 Å². The van der Waals surface area contributed by atoms with E-state index < -0.39 is 10.0 Å². The Kier molecular flexibility index (Phi) is 6.41. The Labute approximate surface area is 119 Å². The third kappa shape index (κ3) is 4.75. The number of carbonyl (C=O) groups excluding carboxylic acids is 2. The molecule has 1 fully saturated rings. The van der Waals surface area contributed by atoms with Gasteiger partial charge in [0.15, 0.2) is 0 Å². The molecule has 1 saturated heterocycles. The number of hydrogen-bond donors (Lipinski definition) is 1. The van der Waals surface area contributed by atoms with E-state index in [1.165, 1.54) is 11.4 Å². The molecule has 1 aliphatic rings. The molecule has 7 nitrogen and oxygen atoms in total. The summed E-state index contributed by atoms with van der Waals surface area (Å²) in [7, 11) is -1.86. The van der Waals surface area contributed by atoms with Gasteiger partial charge in [-0.25, -0.2) is 12.7 Å². The molecule has 0 spiro atoms. The maximum absolute atomic E-state index is 11.9. The summed E-state index contributed by atoms with van der Waals surface area (Å²) in [4.78, 5) is 22.8. The number of hydrogen-bond acceptors (Lipinski definition) is 5. The van der Waals surface area contributed by atoms with Gasteiger partial charge in [0, 0.05) is 25.6 Å². The van der Waals surface area contributed by atoms with Gasteiger partial charge < -0.3 is 10.1 Å². The van der Waals surface area contributed by atoms with Gasteiger partial charge in [-0.2, -0.15) is 0 Å². The van der Waals surface area contributed by atoms with Gasteiger partial charge in [0.1, 0.15) is 0 Å². The summed E-state index contributed by atoms with van der Waals surface area (Å²) < 4.78 is 29.3. The average Bonchev–Trinajstić information content (AvgIpc) is 2.47. The lowest BCUT2D eigenvalue weighted by Gasteiger charge is -2.30. The molecule has 1 rings (SSSR count). The molecule has 0 aromatic rings. The van der Waals surface area contributed by atoms with Crippen LogP contribution in [0.3, 0.4) is 0 Å². The highest BCUT2D eigenvalue weighted by molar-refractivity contribution is 7.89. The average molecular weight is 306 g/mol. The van der Waals surface area contributed by atoms with Gasteiger partial charge in [-0.1, -0.05) is 0 Å². The minimum Gasteiger partial charge on any atom is -0.469 e. The van der Waals surface area contributed by atoms with Crippen LogP contribution in [0.15, 0.2) is 0 Å². The quantitative estimate of drug-likeness (QED) is 0.682. The Morgan fingerprint density at radius 3 is 2.40 bits per heavy atom. The number of amides is 1. The molecule has 0 unspecified atom stereocenters. The van der Waals surface area contributed by atoms with E-state index in [-0.39, 0.29) is 36.5 Å². The van der Waals surface area contributed by atoms with Crippen molar-refractivity contribution in [3.8, 4) is 0 Å². The first-order valence-electron chi connectivity index (χ1n) is 6.73. The number of carbonyl (C=O) groups is 2. The molecule has 8 heteroatoms. The van der Waals surface area contributed by atoms with Crippen molar-refractivity contribution in [3.05, 3.63) is 0 Å². The molecule has 0 aliphatic carbocycles. The minimum absolute atomic E-state index is 0.0863.